The topological polar surface area (TPSA) is 70.2 Å². The highest BCUT2D eigenvalue weighted by molar-refractivity contribution is 6.31. The number of hydrogen-bond acceptors (Lipinski definition) is 2. The van der Waals surface area contributed by atoms with Gasteiger partial charge in [0.05, 0.1) is 0 Å². The van der Waals surface area contributed by atoms with Gasteiger partial charge >= 0.3 is 6.03 Å². The van der Waals surface area contributed by atoms with Crippen LogP contribution in [0.15, 0.2) is 48.5 Å². The largest absolute Gasteiger partial charge is 0.337 e. The zero-order valence-electron chi connectivity index (χ0n) is 10.7. The molecule has 0 aliphatic rings. The van der Waals surface area contributed by atoms with Gasteiger partial charge in [0, 0.05) is 21.3 Å². The number of hydrazine groups is 1. The van der Waals surface area contributed by atoms with E-state index in [1.54, 1.807) is 48.5 Å². The van der Waals surface area contributed by atoms with E-state index in [9.17, 15) is 9.59 Å². The SMILES string of the molecule is O=C(NNC(=O)c1ccc(Cl)cc1)Nc1cccc(Cl)c1. The van der Waals surface area contributed by atoms with Crippen molar-refractivity contribution in [2.45, 2.75) is 0 Å². The predicted molar refractivity (Wildman–Crippen MR) is 82.5 cm³/mol. The van der Waals surface area contributed by atoms with Crippen LogP contribution in [-0.2, 0) is 0 Å². The molecule has 108 valence electrons. The number of benzene rings is 2. The lowest BCUT2D eigenvalue weighted by Gasteiger charge is -2.09. The third kappa shape index (κ3) is 4.66. The van der Waals surface area contributed by atoms with Crippen LogP contribution in [0.5, 0.6) is 0 Å². The molecule has 7 heteroatoms. The van der Waals surface area contributed by atoms with Crippen molar-refractivity contribution >= 4 is 40.8 Å². The summed E-state index contributed by atoms with van der Waals surface area (Å²) >= 11 is 11.5. The number of carbonyl (C=O) groups is 2. The molecule has 0 heterocycles. The maximum absolute atomic E-state index is 11.7. The number of urea groups is 1. The summed E-state index contributed by atoms with van der Waals surface area (Å²) in [4.78, 5) is 23.4. The van der Waals surface area contributed by atoms with Crippen molar-refractivity contribution in [1.82, 2.24) is 10.9 Å². The highest BCUT2D eigenvalue weighted by Crippen LogP contribution is 2.14. The van der Waals surface area contributed by atoms with Gasteiger partial charge in [-0.1, -0.05) is 29.3 Å². The van der Waals surface area contributed by atoms with Gasteiger partial charge in [0.15, 0.2) is 0 Å². The van der Waals surface area contributed by atoms with E-state index in [1.165, 1.54) is 0 Å². The van der Waals surface area contributed by atoms with Gasteiger partial charge in [-0.05, 0) is 42.5 Å². The van der Waals surface area contributed by atoms with Crippen LogP contribution >= 0.6 is 23.2 Å². The summed E-state index contributed by atoms with van der Waals surface area (Å²) in [6, 6.07) is 12.3. The molecule has 0 aliphatic carbocycles. The Morgan fingerprint density at radius 1 is 0.857 bits per heavy atom. The van der Waals surface area contributed by atoms with E-state index in [2.05, 4.69) is 16.2 Å². The molecular weight excluding hydrogens is 313 g/mol. The lowest BCUT2D eigenvalue weighted by Crippen LogP contribution is -2.43. The fourth-order valence-corrected chi connectivity index (χ4v) is 1.83. The van der Waals surface area contributed by atoms with Gasteiger partial charge in [-0.2, -0.15) is 0 Å². The molecule has 5 nitrogen and oxygen atoms in total. The molecule has 0 radical (unpaired) electrons. The van der Waals surface area contributed by atoms with Gasteiger partial charge in [-0.3, -0.25) is 10.2 Å². The molecular formula is C14H11Cl2N3O2. The van der Waals surface area contributed by atoms with Crippen molar-refractivity contribution in [3.8, 4) is 0 Å². The quantitative estimate of drug-likeness (QED) is 0.741. The third-order valence-corrected chi connectivity index (χ3v) is 2.97. The highest BCUT2D eigenvalue weighted by Gasteiger charge is 2.07. The van der Waals surface area contributed by atoms with Crippen molar-refractivity contribution in [2.24, 2.45) is 0 Å². The predicted octanol–water partition coefficient (Wildman–Crippen LogP) is 3.46. The lowest BCUT2D eigenvalue weighted by atomic mass is 10.2. The second-order valence-corrected chi connectivity index (χ2v) is 4.92. The smallest absolute Gasteiger partial charge is 0.307 e. The molecule has 0 saturated carbocycles. The molecule has 2 aromatic carbocycles. The number of hydrogen-bond donors (Lipinski definition) is 3. The van der Waals surface area contributed by atoms with E-state index in [0.29, 0.717) is 21.3 Å². The third-order valence-electron chi connectivity index (χ3n) is 2.48. The summed E-state index contributed by atoms with van der Waals surface area (Å²) in [5.41, 5.74) is 5.41. The van der Waals surface area contributed by atoms with Crippen molar-refractivity contribution in [2.75, 3.05) is 5.32 Å². The first-order chi connectivity index (χ1) is 10.0. The molecule has 0 spiro atoms. The van der Waals surface area contributed by atoms with E-state index in [0.717, 1.165) is 0 Å². The molecule has 21 heavy (non-hydrogen) atoms. The van der Waals surface area contributed by atoms with Gasteiger partial charge in [-0.15, -0.1) is 0 Å². The molecule has 0 saturated heterocycles. The zero-order chi connectivity index (χ0) is 15.2. The standard InChI is InChI=1S/C14H11Cl2N3O2/c15-10-6-4-9(5-7-10)13(20)18-19-14(21)17-12-3-1-2-11(16)8-12/h1-8H,(H,18,20)(H2,17,19,21). The van der Waals surface area contributed by atoms with Crippen molar-refractivity contribution in [1.29, 1.82) is 0 Å². The van der Waals surface area contributed by atoms with E-state index < -0.39 is 11.9 Å². The van der Waals surface area contributed by atoms with Crippen LogP contribution in [0.3, 0.4) is 0 Å². The molecule has 0 aromatic heterocycles. The van der Waals surface area contributed by atoms with Gasteiger partial charge < -0.3 is 5.32 Å². The first-order valence-electron chi connectivity index (χ1n) is 5.93. The Kier molecular flexibility index (Phi) is 5.03. The Labute approximate surface area is 131 Å². The van der Waals surface area contributed by atoms with Crippen LogP contribution < -0.4 is 16.2 Å². The highest BCUT2D eigenvalue weighted by atomic mass is 35.5. The van der Waals surface area contributed by atoms with Crippen LogP contribution in [0.25, 0.3) is 0 Å². The summed E-state index contributed by atoms with van der Waals surface area (Å²) in [6.45, 7) is 0. The lowest BCUT2D eigenvalue weighted by molar-refractivity contribution is 0.0938. The fourth-order valence-electron chi connectivity index (χ4n) is 1.52. The summed E-state index contributed by atoms with van der Waals surface area (Å²) in [7, 11) is 0. The molecule has 0 atom stereocenters. The van der Waals surface area contributed by atoms with Gasteiger partial charge in [0.25, 0.3) is 5.91 Å². The molecule has 3 N–H and O–H groups in total. The summed E-state index contributed by atoms with van der Waals surface area (Å²) in [5, 5.41) is 3.55. The zero-order valence-corrected chi connectivity index (χ0v) is 12.2. The Hall–Kier alpha value is -2.24. The average molecular weight is 324 g/mol. The normalized spacial score (nSPS) is 9.81. The second-order valence-electron chi connectivity index (χ2n) is 4.05. The number of halogens is 2. The number of amides is 3. The second kappa shape index (κ2) is 6.97. The van der Waals surface area contributed by atoms with Crippen LogP contribution in [0, 0.1) is 0 Å². The Morgan fingerprint density at radius 2 is 1.57 bits per heavy atom. The van der Waals surface area contributed by atoms with Gasteiger partial charge in [-0.25, -0.2) is 10.2 Å². The molecule has 0 unspecified atom stereocenters. The average Bonchev–Trinajstić information content (AvgIpc) is 2.45. The van der Waals surface area contributed by atoms with E-state index in [-0.39, 0.29) is 0 Å². The van der Waals surface area contributed by atoms with E-state index in [1.807, 2.05) is 0 Å². The maximum Gasteiger partial charge on any atom is 0.337 e. The van der Waals surface area contributed by atoms with Crippen molar-refractivity contribution in [3.63, 3.8) is 0 Å². The molecule has 2 aromatic rings. The summed E-state index contributed by atoms with van der Waals surface area (Å²) in [6.07, 6.45) is 0. The maximum atomic E-state index is 11.7. The number of nitrogens with one attached hydrogen (secondary N) is 3. The minimum atomic E-state index is -0.584. The number of carbonyl (C=O) groups excluding carboxylic acids is 2. The Balaban J connectivity index is 1.86. The Morgan fingerprint density at radius 3 is 2.24 bits per heavy atom. The first kappa shape index (κ1) is 15.2. The molecule has 2 rings (SSSR count). The molecule has 0 bridgehead atoms. The number of rotatable bonds is 2. The van der Waals surface area contributed by atoms with Gasteiger partial charge in [0.2, 0.25) is 0 Å². The van der Waals surface area contributed by atoms with E-state index >= 15 is 0 Å². The van der Waals surface area contributed by atoms with E-state index in [4.69, 9.17) is 23.2 Å². The monoisotopic (exact) mass is 323 g/mol. The van der Waals surface area contributed by atoms with Crippen LogP contribution in [0.4, 0.5) is 10.5 Å². The summed E-state index contributed by atoms with van der Waals surface area (Å²) < 4.78 is 0. The number of anilines is 1. The molecule has 0 aliphatic heterocycles. The van der Waals surface area contributed by atoms with Gasteiger partial charge in [0.1, 0.15) is 0 Å². The van der Waals surface area contributed by atoms with Crippen LogP contribution in [0.1, 0.15) is 10.4 Å². The Bertz CT molecular complexity index is 660. The first-order valence-corrected chi connectivity index (χ1v) is 6.68. The minimum absolute atomic E-state index is 0.377. The fraction of sp³-hybridized carbons (Fsp3) is 0. The van der Waals surface area contributed by atoms with Crippen molar-refractivity contribution in [3.05, 3.63) is 64.1 Å². The molecule has 0 fully saturated rings. The van der Waals surface area contributed by atoms with Crippen LogP contribution in [-0.4, -0.2) is 11.9 Å². The minimum Gasteiger partial charge on any atom is -0.307 e. The summed E-state index contributed by atoms with van der Waals surface area (Å²) in [5.74, 6) is -0.451. The van der Waals surface area contributed by atoms with Crippen molar-refractivity contribution < 1.29 is 9.59 Å². The molecule has 3 amide bonds. The van der Waals surface area contributed by atoms with Crippen LogP contribution in [0.2, 0.25) is 10.0 Å².